The van der Waals surface area contributed by atoms with E-state index in [9.17, 15) is 4.79 Å². The topological polar surface area (TPSA) is 65.0 Å². The number of carboxylic acid groups (broad SMARTS) is 1. The van der Waals surface area contributed by atoms with E-state index >= 15 is 0 Å². The number of ether oxygens (including phenoxy) is 3. The van der Waals surface area contributed by atoms with E-state index in [4.69, 9.17) is 19.3 Å². The highest BCUT2D eigenvalue weighted by Gasteiger charge is 2.03. The third-order valence-electron chi connectivity index (χ3n) is 2.15. The molecule has 0 radical (unpaired) electrons. The third-order valence-corrected chi connectivity index (χ3v) is 2.15. The fourth-order valence-corrected chi connectivity index (χ4v) is 1.30. The lowest BCUT2D eigenvalue weighted by Gasteiger charge is -2.07. The van der Waals surface area contributed by atoms with Crippen LogP contribution in [0.5, 0.6) is 5.75 Å². The minimum absolute atomic E-state index is 0.213. The van der Waals surface area contributed by atoms with Gasteiger partial charge in [0.1, 0.15) is 12.4 Å². The standard InChI is InChI=1S/C13H18O5/c1-2-16-6-7-17-8-9-18-12-5-3-4-11(10-12)13(14)15/h3-5,10H,2,6-9H2,1H3,(H,14,15). The summed E-state index contributed by atoms with van der Waals surface area (Å²) in [5, 5.41) is 8.81. The Morgan fingerprint density at radius 3 is 2.61 bits per heavy atom. The molecule has 0 unspecified atom stereocenters. The van der Waals surface area contributed by atoms with Crippen LogP contribution >= 0.6 is 0 Å². The predicted molar refractivity (Wildman–Crippen MR) is 66.2 cm³/mol. The largest absolute Gasteiger partial charge is 0.491 e. The minimum Gasteiger partial charge on any atom is -0.491 e. The van der Waals surface area contributed by atoms with Crippen LogP contribution in [0.15, 0.2) is 24.3 Å². The van der Waals surface area contributed by atoms with Gasteiger partial charge in [0.05, 0.1) is 25.4 Å². The Bertz CT molecular complexity index is 364. The third kappa shape index (κ3) is 5.65. The Hall–Kier alpha value is -1.59. The van der Waals surface area contributed by atoms with Gasteiger partial charge in [-0.3, -0.25) is 0 Å². The molecule has 18 heavy (non-hydrogen) atoms. The molecule has 0 atom stereocenters. The molecule has 0 aliphatic heterocycles. The van der Waals surface area contributed by atoms with Gasteiger partial charge in [-0.15, -0.1) is 0 Å². The Kier molecular flexibility index (Phi) is 6.83. The Balaban J connectivity index is 2.19. The quantitative estimate of drug-likeness (QED) is 0.681. The van der Waals surface area contributed by atoms with Crippen LogP contribution in [0.25, 0.3) is 0 Å². The molecule has 0 saturated heterocycles. The Morgan fingerprint density at radius 2 is 1.89 bits per heavy atom. The lowest BCUT2D eigenvalue weighted by molar-refractivity contribution is 0.0404. The first-order valence-electron chi connectivity index (χ1n) is 5.85. The van der Waals surface area contributed by atoms with Gasteiger partial charge in [-0.2, -0.15) is 0 Å². The SMILES string of the molecule is CCOCCOCCOc1cccc(C(=O)O)c1. The van der Waals surface area contributed by atoms with Crippen molar-refractivity contribution in [1.29, 1.82) is 0 Å². The molecule has 0 heterocycles. The van der Waals surface area contributed by atoms with E-state index in [1.165, 1.54) is 12.1 Å². The predicted octanol–water partition coefficient (Wildman–Crippen LogP) is 1.82. The summed E-state index contributed by atoms with van der Waals surface area (Å²) in [5.74, 6) is -0.434. The summed E-state index contributed by atoms with van der Waals surface area (Å²) in [6.07, 6.45) is 0. The first-order valence-corrected chi connectivity index (χ1v) is 5.85. The molecule has 1 N–H and O–H groups in total. The van der Waals surface area contributed by atoms with E-state index in [2.05, 4.69) is 0 Å². The van der Waals surface area contributed by atoms with Crippen LogP contribution in [0.3, 0.4) is 0 Å². The van der Waals surface area contributed by atoms with E-state index in [0.717, 1.165) is 0 Å². The molecule has 1 aromatic carbocycles. The van der Waals surface area contributed by atoms with Crippen LogP contribution in [-0.2, 0) is 9.47 Å². The summed E-state index contributed by atoms with van der Waals surface area (Å²) in [5.41, 5.74) is 0.213. The molecule has 1 rings (SSSR count). The fraction of sp³-hybridized carbons (Fsp3) is 0.462. The van der Waals surface area contributed by atoms with Gasteiger partial charge in [-0.05, 0) is 25.1 Å². The zero-order chi connectivity index (χ0) is 13.2. The van der Waals surface area contributed by atoms with Crippen molar-refractivity contribution in [1.82, 2.24) is 0 Å². The molecule has 1 aromatic rings. The summed E-state index contributed by atoms with van der Waals surface area (Å²) >= 11 is 0. The second-order valence-corrected chi connectivity index (χ2v) is 3.49. The number of carboxylic acids is 1. The van der Waals surface area contributed by atoms with Crippen molar-refractivity contribution in [2.24, 2.45) is 0 Å². The van der Waals surface area contributed by atoms with Crippen molar-refractivity contribution in [2.45, 2.75) is 6.92 Å². The lowest BCUT2D eigenvalue weighted by Crippen LogP contribution is -2.11. The maximum Gasteiger partial charge on any atom is 0.335 e. The van der Waals surface area contributed by atoms with Crippen LogP contribution < -0.4 is 4.74 Å². The zero-order valence-corrected chi connectivity index (χ0v) is 10.4. The van der Waals surface area contributed by atoms with Gasteiger partial charge < -0.3 is 19.3 Å². The summed E-state index contributed by atoms with van der Waals surface area (Å²) < 4.78 is 15.8. The number of hydrogen-bond acceptors (Lipinski definition) is 4. The fourth-order valence-electron chi connectivity index (χ4n) is 1.30. The van der Waals surface area contributed by atoms with Gasteiger partial charge in [0.15, 0.2) is 0 Å². The molecular weight excluding hydrogens is 236 g/mol. The van der Waals surface area contributed by atoms with Crippen LogP contribution in [0.1, 0.15) is 17.3 Å². The van der Waals surface area contributed by atoms with Gasteiger partial charge in [0.2, 0.25) is 0 Å². The van der Waals surface area contributed by atoms with Gasteiger partial charge in [0, 0.05) is 6.61 Å². The van der Waals surface area contributed by atoms with Crippen LogP contribution in [-0.4, -0.2) is 44.1 Å². The Labute approximate surface area is 106 Å². The highest BCUT2D eigenvalue weighted by atomic mass is 16.5. The number of carbonyl (C=O) groups is 1. The molecule has 5 nitrogen and oxygen atoms in total. The number of hydrogen-bond donors (Lipinski definition) is 1. The Morgan fingerprint density at radius 1 is 1.17 bits per heavy atom. The molecule has 0 aromatic heterocycles. The van der Waals surface area contributed by atoms with Gasteiger partial charge in [-0.1, -0.05) is 6.07 Å². The first-order chi connectivity index (χ1) is 8.74. The van der Waals surface area contributed by atoms with Crippen LogP contribution in [0.4, 0.5) is 0 Å². The summed E-state index contributed by atoms with van der Waals surface area (Å²) in [6.45, 7) is 4.55. The van der Waals surface area contributed by atoms with Gasteiger partial charge >= 0.3 is 5.97 Å². The molecule has 0 spiro atoms. The molecular formula is C13H18O5. The van der Waals surface area contributed by atoms with E-state index < -0.39 is 5.97 Å². The maximum absolute atomic E-state index is 10.7. The molecule has 100 valence electrons. The highest BCUT2D eigenvalue weighted by Crippen LogP contribution is 2.12. The molecule has 0 amide bonds. The first kappa shape index (κ1) is 14.5. The molecule has 0 aliphatic rings. The molecule has 0 bridgehead atoms. The summed E-state index contributed by atoms with van der Waals surface area (Å²) in [4.78, 5) is 10.7. The van der Waals surface area contributed by atoms with Crippen molar-refractivity contribution >= 4 is 5.97 Å². The van der Waals surface area contributed by atoms with Gasteiger partial charge in [0.25, 0.3) is 0 Å². The van der Waals surface area contributed by atoms with E-state index in [-0.39, 0.29) is 5.56 Å². The van der Waals surface area contributed by atoms with Crippen molar-refractivity contribution in [3.63, 3.8) is 0 Å². The normalized spacial score (nSPS) is 10.3. The molecule has 0 saturated carbocycles. The van der Waals surface area contributed by atoms with Crippen molar-refractivity contribution in [3.8, 4) is 5.75 Å². The zero-order valence-electron chi connectivity index (χ0n) is 10.4. The van der Waals surface area contributed by atoms with E-state index in [0.29, 0.717) is 38.8 Å². The molecule has 5 heteroatoms. The number of benzene rings is 1. The monoisotopic (exact) mass is 254 g/mol. The lowest BCUT2D eigenvalue weighted by atomic mass is 10.2. The number of aromatic carboxylic acids is 1. The van der Waals surface area contributed by atoms with Crippen LogP contribution in [0, 0.1) is 0 Å². The highest BCUT2D eigenvalue weighted by molar-refractivity contribution is 5.87. The van der Waals surface area contributed by atoms with Crippen molar-refractivity contribution in [3.05, 3.63) is 29.8 Å². The van der Waals surface area contributed by atoms with E-state index in [1.54, 1.807) is 12.1 Å². The average Bonchev–Trinajstić information content (AvgIpc) is 2.38. The second kappa shape index (κ2) is 8.49. The van der Waals surface area contributed by atoms with Gasteiger partial charge in [-0.25, -0.2) is 4.79 Å². The van der Waals surface area contributed by atoms with Crippen molar-refractivity contribution < 1.29 is 24.1 Å². The molecule has 0 aliphatic carbocycles. The summed E-state index contributed by atoms with van der Waals surface area (Å²) in [6, 6.07) is 6.37. The van der Waals surface area contributed by atoms with Crippen LogP contribution in [0.2, 0.25) is 0 Å². The minimum atomic E-state index is -0.964. The maximum atomic E-state index is 10.7. The average molecular weight is 254 g/mol. The second-order valence-electron chi connectivity index (χ2n) is 3.49. The number of rotatable bonds is 9. The summed E-state index contributed by atoms with van der Waals surface area (Å²) in [7, 11) is 0. The van der Waals surface area contributed by atoms with E-state index in [1.807, 2.05) is 6.92 Å². The van der Waals surface area contributed by atoms with Crippen molar-refractivity contribution in [2.75, 3.05) is 33.0 Å². The smallest absolute Gasteiger partial charge is 0.335 e. The molecule has 0 fully saturated rings.